The number of aromatic nitrogens is 6. The first-order valence-corrected chi connectivity index (χ1v) is 13.8. The fourth-order valence-corrected chi connectivity index (χ4v) is 5.13. The van der Waals surface area contributed by atoms with E-state index in [0.717, 1.165) is 54.9 Å². The molecule has 0 atom stereocenters. The number of benzene rings is 2. The van der Waals surface area contributed by atoms with Gasteiger partial charge in [0.05, 0.1) is 22.6 Å². The van der Waals surface area contributed by atoms with Gasteiger partial charge in [0.1, 0.15) is 29.7 Å². The number of imidazole rings is 1. The lowest BCUT2D eigenvalue weighted by molar-refractivity contribution is -0.122. The molecule has 0 unspecified atom stereocenters. The monoisotopic (exact) mass is 571 g/mol. The van der Waals surface area contributed by atoms with Crippen LogP contribution in [0.15, 0.2) is 67.4 Å². The van der Waals surface area contributed by atoms with E-state index in [4.69, 9.17) is 16.3 Å². The van der Waals surface area contributed by atoms with Crippen molar-refractivity contribution >= 4 is 34.4 Å². The Morgan fingerprint density at radius 3 is 2.61 bits per heavy atom. The molecule has 1 fully saturated rings. The molecule has 1 aliphatic heterocycles. The van der Waals surface area contributed by atoms with Crippen molar-refractivity contribution in [2.45, 2.75) is 25.4 Å². The molecule has 6 rings (SSSR count). The number of piperidine rings is 1. The summed E-state index contributed by atoms with van der Waals surface area (Å²) >= 11 is 6.61. The molecule has 3 aromatic heterocycles. The van der Waals surface area contributed by atoms with E-state index in [9.17, 15) is 4.79 Å². The molecule has 1 aliphatic rings. The highest BCUT2D eigenvalue weighted by Gasteiger charge is 2.22. The molecule has 0 bridgehead atoms. The number of likely N-dealkylation sites (N-methyl/N-ethyl adjacent to an activating group) is 1. The van der Waals surface area contributed by atoms with E-state index in [1.54, 1.807) is 24.3 Å². The Labute approximate surface area is 241 Å². The maximum absolute atomic E-state index is 11.4. The predicted molar refractivity (Wildman–Crippen MR) is 157 cm³/mol. The fourth-order valence-electron chi connectivity index (χ4n) is 4.93. The van der Waals surface area contributed by atoms with Gasteiger partial charge in [0, 0.05) is 38.3 Å². The number of rotatable bonds is 9. The van der Waals surface area contributed by atoms with Crippen LogP contribution in [0.4, 0.5) is 5.69 Å². The topological polar surface area (TPSA) is 126 Å². The molecule has 1 amide bonds. The summed E-state index contributed by atoms with van der Waals surface area (Å²) < 4.78 is 7.25. The van der Waals surface area contributed by atoms with Crippen molar-refractivity contribution in [3.63, 3.8) is 0 Å². The maximum atomic E-state index is 11.4. The molecule has 210 valence electrons. The molecule has 0 spiro atoms. The van der Waals surface area contributed by atoms with Crippen LogP contribution in [0.2, 0.25) is 5.02 Å². The summed E-state index contributed by atoms with van der Waals surface area (Å²) in [6.45, 7) is 2.84. The molecule has 11 nitrogen and oxygen atoms in total. The number of carbonyl (C=O) groups excluding carboxylic acids is 1. The lowest BCUT2D eigenvalue weighted by Gasteiger charge is -2.33. The zero-order valence-electron chi connectivity index (χ0n) is 22.5. The second-order valence-corrected chi connectivity index (χ2v) is 10.4. The lowest BCUT2D eigenvalue weighted by Crippen LogP contribution is -2.38. The highest BCUT2D eigenvalue weighted by molar-refractivity contribution is 6.34. The minimum Gasteiger partial charge on any atom is -0.484 e. The number of halogens is 1. The van der Waals surface area contributed by atoms with Gasteiger partial charge in [-0.3, -0.25) is 9.69 Å². The molecule has 41 heavy (non-hydrogen) atoms. The number of hydrogen-bond acceptors (Lipinski definition) is 8. The molecule has 0 radical (unpaired) electrons. The smallest absolute Gasteiger partial charge is 0.257 e. The standard InChI is InChI=1S/C29H30ClN9O2/c1-31-25(40)16-41-23-8-4-20(5-9-23)28-36-27-26(24(30)14-33-29(27)37-28)35-21-10-12-38(13-11-21)15-19-2-6-22(7-3-19)39-18-32-17-34-39/h2-9,14,17-18,21H,10-13,15-16H2,1H3,(H,31,40)(H2,33,35,36,37). The summed E-state index contributed by atoms with van der Waals surface area (Å²) in [6, 6.07) is 16.1. The van der Waals surface area contributed by atoms with Gasteiger partial charge in [0.25, 0.3) is 5.91 Å². The highest BCUT2D eigenvalue weighted by atomic mass is 35.5. The number of H-pyrrole nitrogens is 1. The second kappa shape index (κ2) is 11.9. The number of amides is 1. The first kappa shape index (κ1) is 26.7. The van der Waals surface area contributed by atoms with Crippen LogP contribution in [-0.4, -0.2) is 73.3 Å². The van der Waals surface area contributed by atoms with E-state index < -0.39 is 0 Å². The molecule has 1 saturated heterocycles. The minimum absolute atomic E-state index is 0.0329. The van der Waals surface area contributed by atoms with Crippen LogP contribution in [0.5, 0.6) is 5.75 Å². The van der Waals surface area contributed by atoms with E-state index in [1.165, 1.54) is 11.9 Å². The molecule has 0 saturated carbocycles. The number of carbonyl (C=O) groups is 1. The predicted octanol–water partition coefficient (Wildman–Crippen LogP) is 4.06. The Kier molecular flexibility index (Phi) is 7.79. The molecule has 3 N–H and O–H groups in total. The summed E-state index contributed by atoms with van der Waals surface area (Å²) in [5, 5.41) is 10.9. The Morgan fingerprint density at radius 1 is 1.12 bits per heavy atom. The van der Waals surface area contributed by atoms with Crippen LogP contribution in [0.1, 0.15) is 18.4 Å². The van der Waals surface area contributed by atoms with Crippen molar-refractivity contribution in [3.8, 4) is 22.8 Å². The average Bonchev–Trinajstić information content (AvgIpc) is 3.70. The molecule has 12 heteroatoms. The number of hydrogen-bond donors (Lipinski definition) is 3. The third kappa shape index (κ3) is 6.16. The fraction of sp³-hybridized carbons (Fsp3) is 0.276. The number of pyridine rings is 1. The molecular formula is C29H30ClN9O2. The summed E-state index contributed by atoms with van der Waals surface area (Å²) in [5.74, 6) is 1.10. The first-order valence-electron chi connectivity index (χ1n) is 13.5. The van der Waals surface area contributed by atoms with Gasteiger partial charge < -0.3 is 20.4 Å². The number of likely N-dealkylation sites (tertiary alicyclic amines) is 1. The normalized spacial score (nSPS) is 14.3. The van der Waals surface area contributed by atoms with E-state index in [0.29, 0.717) is 22.2 Å². The van der Waals surface area contributed by atoms with E-state index in [1.807, 2.05) is 24.3 Å². The van der Waals surface area contributed by atoms with Gasteiger partial charge in [-0.2, -0.15) is 5.10 Å². The summed E-state index contributed by atoms with van der Waals surface area (Å²) in [7, 11) is 1.58. The number of ether oxygens (including phenoxy) is 1. The van der Waals surface area contributed by atoms with Crippen molar-refractivity contribution in [2.75, 3.05) is 32.1 Å². The molecular weight excluding hydrogens is 542 g/mol. The van der Waals surface area contributed by atoms with Gasteiger partial charge >= 0.3 is 0 Å². The van der Waals surface area contributed by atoms with Crippen LogP contribution >= 0.6 is 11.6 Å². The second-order valence-electron chi connectivity index (χ2n) is 9.95. The summed E-state index contributed by atoms with van der Waals surface area (Å²) in [6.07, 6.45) is 6.87. The van der Waals surface area contributed by atoms with Gasteiger partial charge in [-0.05, 0) is 54.8 Å². The van der Waals surface area contributed by atoms with Crippen LogP contribution in [0.25, 0.3) is 28.2 Å². The number of fused-ring (bicyclic) bond motifs is 1. The van der Waals surface area contributed by atoms with E-state index >= 15 is 0 Å². The SMILES string of the molecule is CNC(=O)COc1ccc(-c2nc3ncc(Cl)c(NC4CCN(Cc5ccc(-n6cncn6)cc5)CC4)c3[nH]2)cc1. The zero-order chi connectivity index (χ0) is 28.2. The van der Waals surface area contributed by atoms with Crippen molar-refractivity contribution in [1.82, 2.24) is 39.9 Å². The lowest BCUT2D eigenvalue weighted by atomic mass is 10.0. The van der Waals surface area contributed by atoms with Crippen molar-refractivity contribution in [1.29, 1.82) is 0 Å². The highest BCUT2D eigenvalue weighted by Crippen LogP contribution is 2.32. The number of nitrogens with zero attached hydrogens (tertiary/aromatic N) is 6. The first-order chi connectivity index (χ1) is 20.1. The Morgan fingerprint density at radius 2 is 1.90 bits per heavy atom. The van der Waals surface area contributed by atoms with E-state index in [-0.39, 0.29) is 18.6 Å². The minimum atomic E-state index is -0.185. The van der Waals surface area contributed by atoms with Gasteiger partial charge in [0.2, 0.25) is 0 Å². The van der Waals surface area contributed by atoms with Crippen LogP contribution < -0.4 is 15.4 Å². The molecule has 2 aromatic carbocycles. The average molecular weight is 572 g/mol. The number of nitrogens with one attached hydrogen (secondary N) is 3. The van der Waals surface area contributed by atoms with Gasteiger partial charge in [-0.25, -0.2) is 19.6 Å². The number of aromatic amines is 1. The van der Waals surface area contributed by atoms with Crippen LogP contribution in [0.3, 0.4) is 0 Å². The number of anilines is 1. The molecule has 4 heterocycles. The van der Waals surface area contributed by atoms with E-state index in [2.05, 4.69) is 64.8 Å². The Bertz CT molecular complexity index is 1610. The van der Waals surface area contributed by atoms with Gasteiger partial charge in [0.15, 0.2) is 12.3 Å². The van der Waals surface area contributed by atoms with Crippen LogP contribution in [-0.2, 0) is 11.3 Å². The quantitative estimate of drug-likeness (QED) is 0.242. The van der Waals surface area contributed by atoms with Gasteiger partial charge in [-0.1, -0.05) is 23.7 Å². The molecule has 5 aromatic rings. The molecule has 0 aliphatic carbocycles. The summed E-state index contributed by atoms with van der Waals surface area (Å²) in [4.78, 5) is 30.4. The largest absolute Gasteiger partial charge is 0.484 e. The Balaban J connectivity index is 1.08. The Hall–Kier alpha value is -4.48. The summed E-state index contributed by atoms with van der Waals surface area (Å²) in [5.41, 5.74) is 5.35. The van der Waals surface area contributed by atoms with Crippen LogP contribution in [0, 0.1) is 0 Å². The third-order valence-electron chi connectivity index (χ3n) is 7.21. The third-order valence-corrected chi connectivity index (χ3v) is 7.50. The zero-order valence-corrected chi connectivity index (χ0v) is 23.3. The van der Waals surface area contributed by atoms with Crippen molar-refractivity contribution < 1.29 is 9.53 Å². The van der Waals surface area contributed by atoms with Gasteiger partial charge in [-0.15, -0.1) is 0 Å². The van der Waals surface area contributed by atoms with Crippen molar-refractivity contribution in [2.24, 2.45) is 0 Å². The maximum Gasteiger partial charge on any atom is 0.257 e. The van der Waals surface area contributed by atoms with Crippen molar-refractivity contribution in [3.05, 3.63) is 78.0 Å².